The zero-order valence-corrected chi connectivity index (χ0v) is 24.9. The second-order valence-corrected chi connectivity index (χ2v) is 10.5. The van der Waals surface area contributed by atoms with Crippen LogP contribution in [0.2, 0.25) is 0 Å². The third-order valence-electron chi connectivity index (χ3n) is 7.38. The van der Waals surface area contributed by atoms with Gasteiger partial charge in [0.05, 0.1) is 38.3 Å². The average molecular weight is 558 g/mol. The number of carbonyl (C=O) groups excluding carboxylic acids is 1. The maximum Gasteiger partial charge on any atom is 0.224 e. The highest BCUT2D eigenvalue weighted by Crippen LogP contribution is 2.28. The van der Waals surface area contributed by atoms with Crippen molar-refractivity contribution in [1.29, 1.82) is 0 Å². The van der Waals surface area contributed by atoms with Crippen LogP contribution in [0.15, 0.2) is 60.7 Å². The number of carbonyl (C=O) groups is 1. The summed E-state index contributed by atoms with van der Waals surface area (Å²) in [6.45, 7) is 6.51. The van der Waals surface area contributed by atoms with Crippen molar-refractivity contribution in [1.82, 2.24) is 14.9 Å². The Morgan fingerprint density at radius 1 is 0.854 bits per heavy atom. The zero-order valence-electron chi connectivity index (χ0n) is 24.9. The number of fused-ring (bicyclic) bond motifs is 1. The summed E-state index contributed by atoms with van der Waals surface area (Å²) >= 11 is 0. The summed E-state index contributed by atoms with van der Waals surface area (Å²) in [5.41, 5.74) is 5.52. The van der Waals surface area contributed by atoms with Gasteiger partial charge in [-0.05, 0) is 80.5 Å². The molecular weight excluding hydrogens is 514 g/mol. The molecular formula is C34H43N3O4. The number of rotatable bonds is 16. The third kappa shape index (κ3) is 8.26. The second kappa shape index (κ2) is 15.1. The highest BCUT2D eigenvalue weighted by Gasteiger charge is 2.11. The molecule has 0 atom stereocenters. The first-order valence-corrected chi connectivity index (χ1v) is 14.6. The fourth-order valence-electron chi connectivity index (χ4n) is 5.19. The van der Waals surface area contributed by atoms with Gasteiger partial charge in [0.1, 0.15) is 11.6 Å². The molecule has 1 aromatic heterocycles. The van der Waals surface area contributed by atoms with Crippen LogP contribution in [0.5, 0.6) is 17.2 Å². The van der Waals surface area contributed by atoms with Crippen LogP contribution < -0.4 is 19.5 Å². The number of methoxy groups -OCH3 is 2. The van der Waals surface area contributed by atoms with Crippen LogP contribution in [0.4, 0.5) is 0 Å². The van der Waals surface area contributed by atoms with Gasteiger partial charge >= 0.3 is 0 Å². The fourth-order valence-corrected chi connectivity index (χ4v) is 5.19. The van der Waals surface area contributed by atoms with E-state index in [1.165, 1.54) is 16.6 Å². The van der Waals surface area contributed by atoms with E-state index in [0.29, 0.717) is 31.1 Å². The number of hydrogen-bond donors (Lipinski definition) is 1. The van der Waals surface area contributed by atoms with Gasteiger partial charge in [-0.1, -0.05) is 42.8 Å². The van der Waals surface area contributed by atoms with Gasteiger partial charge < -0.3 is 24.1 Å². The number of nitrogens with zero attached hydrogens (tertiary/aromatic N) is 2. The molecule has 0 fully saturated rings. The van der Waals surface area contributed by atoms with Gasteiger partial charge in [-0.25, -0.2) is 4.98 Å². The molecule has 0 saturated heterocycles. The van der Waals surface area contributed by atoms with Crippen LogP contribution in [0.1, 0.15) is 54.6 Å². The molecule has 0 aliphatic rings. The lowest BCUT2D eigenvalue weighted by molar-refractivity contribution is -0.120. The smallest absolute Gasteiger partial charge is 0.224 e. The van der Waals surface area contributed by atoms with E-state index >= 15 is 0 Å². The lowest BCUT2D eigenvalue weighted by Crippen LogP contribution is -2.26. The van der Waals surface area contributed by atoms with Gasteiger partial charge in [0.2, 0.25) is 5.91 Å². The highest BCUT2D eigenvalue weighted by molar-refractivity contribution is 5.78. The van der Waals surface area contributed by atoms with E-state index in [1.807, 2.05) is 24.3 Å². The molecule has 1 amide bonds. The number of hydrogen-bond acceptors (Lipinski definition) is 5. The largest absolute Gasteiger partial charge is 0.493 e. The van der Waals surface area contributed by atoms with Gasteiger partial charge in [-0.3, -0.25) is 4.79 Å². The Balaban J connectivity index is 1.20. The van der Waals surface area contributed by atoms with Crippen LogP contribution in [0, 0.1) is 13.8 Å². The molecule has 4 aromatic rings. The summed E-state index contributed by atoms with van der Waals surface area (Å²) in [6.07, 6.45) is 6.27. The molecule has 4 rings (SSSR count). The first kappa shape index (κ1) is 30.0. The van der Waals surface area contributed by atoms with E-state index < -0.39 is 0 Å². The van der Waals surface area contributed by atoms with E-state index in [0.717, 1.165) is 67.7 Å². The molecule has 7 heteroatoms. The molecule has 0 radical (unpaired) electrons. The topological polar surface area (TPSA) is 74.6 Å². The SMILES string of the molecule is COc1ccc(CC(=O)NCCCCCc2nc3ccccc3n2CCCCOc2c(C)cccc2C)cc1OC. The summed E-state index contributed by atoms with van der Waals surface area (Å²) < 4.78 is 19.1. The van der Waals surface area contributed by atoms with E-state index in [9.17, 15) is 4.79 Å². The molecule has 7 nitrogen and oxygen atoms in total. The number of benzene rings is 3. The minimum absolute atomic E-state index is 0.0144. The summed E-state index contributed by atoms with van der Waals surface area (Å²) in [5.74, 6) is 3.46. The van der Waals surface area contributed by atoms with Crippen LogP contribution in [0.3, 0.4) is 0 Å². The minimum Gasteiger partial charge on any atom is -0.493 e. The molecule has 1 N–H and O–H groups in total. The van der Waals surface area contributed by atoms with Crippen LogP contribution in [-0.4, -0.2) is 42.8 Å². The van der Waals surface area contributed by atoms with Gasteiger partial charge in [0.15, 0.2) is 11.5 Å². The Bertz CT molecular complexity index is 1410. The Morgan fingerprint density at radius 3 is 2.41 bits per heavy atom. The van der Waals surface area contributed by atoms with Crippen molar-refractivity contribution in [2.45, 2.75) is 65.3 Å². The average Bonchev–Trinajstić information content (AvgIpc) is 3.33. The number of aryl methyl sites for hydroxylation is 4. The molecule has 0 bridgehead atoms. The fraction of sp³-hybridized carbons (Fsp3) is 0.412. The number of imidazole rings is 1. The van der Waals surface area contributed by atoms with Crippen molar-refractivity contribution in [3.05, 3.63) is 83.2 Å². The number of ether oxygens (including phenoxy) is 3. The van der Waals surface area contributed by atoms with E-state index in [4.69, 9.17) is 19.2 Å². The van der Waals surface area contributed by atoms with Crippen LogP contribution >= 0.6 is 0 Å². The van der Waals surface area contributed by atoms with Crippen LogP contribution in [-0.2, 0) is 24.2 Å². The molecule has 0 aliphatic carbocycles. The van der Waals surface area contributed by atoms with Gasteiger partial charge in [0, 0.05) is 19.5 Å². The van der Waals surface area contributed by atoms with Gasteiger partial charge in [0.25, 0.3) is 0 Å². The number of nitrogens with one attached hydrogen (secondary N) is 1. The lowest BCUT2D eigenvalue weighted by atomic mass is 10.1. The first-order chi connectivity index (χ1) is 20.0. The van der Waals surface area contributed by atoms with Crippen molar-refractivity contribution < 1.29 is 19.0 Å². The highest BCUT2D eigenvalue weighted by atomic mass is 16.5. The predicted molar refractivity (Wildman–Crippen MR) is 164 cm³/mol. The molecule has 0 saturated carbocycles. The maximum absolute atomic E-state index is 12.4. The predicted octanol–water partition coefficient (Wildman–Crippen LogP) is 6.60. The minimum atomic E-state index is 0.0144. The lowest BCUT2D eigenvalue weighted by Gasteiger charge is -2.13. The van der Waals surface area contributed by atoms with Crippen molar-refractivity contribution in [3.8, 4) is 17.2 Å². The van der Waals surface area contributed by atoms with Crippen LogP contribution in [0.25, 0.3) is 11.0 Å². The molecule has 41 heavy (non-hydrogen) atoms. The Labute approximate surface area is 243 Å². The summed E-state index contributed by atoms with van der Waals surface area (Å²) in [7, 11) is 3.20. The first-order valence-electron chi connectivity index (χ1n) is 14.6. The van der Waals surface area contributed by atoms with Crippen molar-refractivity contribution in [2.24, 2.45) is 0 Å². The number of para-hydroxylation sites is 3. The molecule has 1 heterocycles. The monoisotopic (exact) mass is 557 g/mol. The van der Waals surface area contributed by atoms with Gasteiger partial charge in [-0.2, -0.15) is 0 Å². The summed E-state index contributed by atoms with van der Waals surface area (Å²) in [5, 5.41) is 3.04. The maximum atomic E-state index is 12.4. The Kier molecular flexibility index (Phi) is 11.1. The quantitative estimate of drug-likeness (QED) is 0.157. The molecule has 0 unspecified atom stereocenters. The molecule has 0 spiro atoms. The van der Waals surface area contributed by atoms with E-state index in [2.05, 4.69) is 60.1 Å². The standard InChI is InChI=1S/C34H43N3O4/c1-25-13-12-14-26(2)34(25)41-22-11-10-21-37-29-16-8-7-15-28(29)36-32(37)17-6-5-9-20-35-33(38)24-27-18-19-30(39-3)31(23-27)40-4/h7-8,12-16,18-19,23H,5-6,9-11,17,20-22,24H2,1-4H3,(H,35,38). The van der Waals surface area contributed by atoms with Crippen molar-refractivity contribution in [2.75, 3.05) is 27.4 Å². The zero-order chi connectivity index (χ0) is 29.0. The summed E-state index contributed by atoms with van der Waals surface area (Å²) in [4.78, 5) is 17.4. The summed E-state index contributed by atoms with van der Waals surface area (Å²) in [6, 6.07) is 20.2. The van der Waals surface area contributed by atoms with E-state index in [1.54, 1.807) is 14.2 Å². The van der Waals surface area contributed by atoms with Crippen molar-refractivity contribution in [3.63, 3.8) is 0 Å². The molecule has 218 valence electrons. The van der Waals surface area contributed by atoms with Crippen molar-refractivity contribution >= 4 is 16.9 Å². The Hall–Kier alpha value is -4.00. The second-order valence-electron chi connectivity index (χ2n) is 10.5. The van der Waals surface area contributed by atoms with E-state index in [-0.39, 0.29) is 5.91 Å². The normalized spacial score (nSPS) is 11.0. The number of amides is 1. The molecule has 0 aliphatic heterocycles. The number of aromatic nitrogens is 2. The number of unbranched alkanes of at least 4 members (excludes halogenated alkanes) is 3. The van der Waals surface area contributed by atoms with Gasteiger partial charge in [-0.15, -0.1) is 0 Å². The third-order valence-corrected chi connectivity index (χ3v) is 7.38. The Morgan fingerprint density at radius 2 is 1.63 bits per heavy atom. The molecule has 3 aromatic carbocycles.